The van der Waals surface area contributed by atoms with E-state index < -0.39 is 10.1 Å². The van der Waals surface area contributed by atoms with E-state index in [9.17, 15) is 8.42 Å². The summed E-state index contributed by atoms with van der Waals surface area (Å²) in [5.74, 6) is 0. The standard InChI is InChI=1S/C22H39NO3S/c1-2-3-4-5-6-7-8-9-10-11-12-13-14-17-20-26-27(24,25)22-19-16-15-18-21(22)23/h15-16,18-19H,2-14,17,20,23H2,1H3. The van der Waals surface area contributed by atoms with Gasteiger partial charge in [-0.25, -0.2) is 0 Å². The molecule has 0 aromatic heterocycles. The zero-order valence-electron chi connectivity index (χ0n) is 17.1. The van der Waals surface area contributed by atoms with Crippen LogP contribution in [-0.4, -0.2) is 15.0 Å². The van der Waals surface area contributed by atoms with Crippen LogP contribution >= 0.6 is 0 Å². The average Bonchev–Trinajstić information content (AvgIpc) is 2.65. The predicted molar refractivity (Wildman–Crippen MR) is 114 cm³/mol. The first-order valence-corrected chi connectivity index (χ1v) is 12.2. The van der Waals surface area contributed by atoms with E-state index in [1.54, 1.807) is 18.2 Å². The van der Waals surface area contributed by atoms with Gasteiger partial charge in [0.1, 0.15) is 4.90 Å². The third-order valence-electron chi connectivity index (χ3n) is 4.92. The second-order valence-corrected chi connectivity index (χ2v) is 8.99. The molecule has 0 amide bonds. The van der Waals surface area contributed by atoms with Crippen LogP contribution in [0, 0.1) is 0 Å². The van der Waals surface area contributed by atoms with E-state index in [1.165, 1.54) is 76.7 Å². The largest absolute Gasteiger partial charge is 0.398 e. The highest BCUT2D eigenvalue weighted by Crippen LogP contribution is 2.20. The molecule has 1 aromatic rings. The molecule has 0 heterocycles. The van der Waals surface area contributed by atoms with Crippen LogP contribution in [0.5, 0.6) is 0 Å². The van der Waals surface area contributed by atoms with E-state index in [0.29, 0.717) is 0 Å². The molecule has 0 saturated heterocycles. The third kappa shape index (κ3) is 11.4. The molecule has 1 aromatic carbocycles. The van der Waals surface area contributed by atoms with Gasteiger partial charge in [-0.1, -0.05) is 103 Å². The second-order valence-electron chi connectivity index (χ2n) is 7.41. The van der Waals surface area contributed by atoms with Crippen LogP contribution in [0.1, 0.15) is 96.8 Å². The lowest BCUT2D eigenvalue weighted by atomic mass is 10.0. The molecule has 2 N–H and O–H groups in total. The quantitative estimate of drug-likeness (QED) is 0.186. The monoisotopic (exact) mass is 397 g/mol. The number of anilines is 1. The smallest absolute Gasteiger partial charge is 0.299 e. The second kappa shape index (κ2) is 14.9. The molecule has 0 spiro atoms. The van der Waals surface area contributed by atoms with Crippen molar-refractivity contribution in [3.63, 3.8) is 0 Å². The van der Waals surface area contributed by atoms with Crippen molar-refractivity contribution in [1.29, 1.82) is 0 Å². The summed E-state index contributed by atoms with van der Waals surface area (Å²) in [6.07, 6.45) is 17.8. The summed E-state index contributed by atoms with van der Waals surface area (Å²) in [4.78, 5) is 0.0652. The molecule has 27 heavy (non-hydrogen) atoms. The number of rotatable bonds is 17. The minimum Gasteiger partial charge on any atom is -0.398 e. The molecule has 5 heteroatoms. The van der Waals surface area contributed by atoms with Crippen molar-refractivity contribution in [2.75, 3.05) is 12.3 Å². The van der Waals surface area contributed by atoms with Crippen LogP contribution in [0.3, 0.4) is 0 Å². The van der Waals surface area contributed by atoms with Crippen molar-refractivity contribution in [1.82, 2.24) is 0 Å². The Morgan fingerprint density at radius 3 is 1.67 bits per heavy atom. The Labute approximate surface area is 167 Å². The SMILES string of the molecule is CCCCCCCCCCCCCCCCOS(=O)(=O)c1ccccc1N. The molecule has 0 aliphatic heterocycles. The van der Waals surface area contributed by atoms with E-state index in [1.807, 2.05) is 0 Å². The maximum Gasteiger partial charge on any atom is 0.299 e. The average molecular weight is 398 g/mol. The van der Waals surface area contributed by atoms with Gasteiger partial charge in [0.25, 0.3) is 10.1 Å². The number of benzene rings is 1. The molecule has 0 unspecified atom stereocenters. The van der Waals surface area contributed by atoms with E-state index in [0.717, 1.165) is 19.3 Å². The van der Waals surface area contributed by atoms with Gasteiger partial charge in [0.15, 0.2) is 0 Å². The molecular formula is C22H39NO3S. The van der Waals surface area contributed by atoms with Gasteiger partial charge in [-0.3, -0.25) is 4.18 Å². The first-order valence-electron chi connectivity index (χ1n) is 10.8. The van der Waals surface area contributed by atoms with Crippen molar-refractivity contribution in [2.24, 2.45) is 0 Å². The van der Waals surface area contributed by atoms with Crippen molar-refractivity contribution in [3.8, 4) is 0 Å². The summed E-state index contributed by atoms with van der Waals surface area (Å²) < 4.78 is 29.3. The highest BCUT2D eigenvalue weighted by molar-refractivity contribution is 7.87. The number of hydrogen-bond acceptors (Lipinski definition) is 4. The molecular weight excluding hydrogens is 358 g/mol. The highest BCUT2D eigenvalue weighted by Gasteiger charge is 2.17. The minimum atomic E-state index is -3.73. The summed E-state index contributed by atoms with van der Waals surface area (Å²) in [7, 11) is -3.73. The summed E-state index contributed by atoms with van der Waals surface area (Å²) in [5.41, 5.74) is 5.94. The molecule has 0 bridgehead atoms. The van der Waals surface area contributed by atoms with Crippen molar-refractivity contribution >= 4 is 15.8 Å². The zero-order valence-corrected chi connectivity index (χ0v) is 17.9. The van der Waals surface area contributed by atoms with E-state index in [2.05, 4.69) is 6.92 Å². The normalized spacial score (nSPS) is 11.7. The third-order valence-corrected chi connectivity index (χ3v) is 6.31. The number of nitrogen functional groups attached to an aromatic ring is 1. The minimum absolute atomic E-state index is 0.0652. The Hall–Kier alpha value is -1.07. The Morgan fingerprint density at radius 1 is 0.741 bits per heavy atom. The van der Waals surface area contributed by atoms with Gasteiger partial charge in [-0.15, -0.1) is 0 Å². The molecule has 0 atom stereocenters. The number of unbranched alkanes of at least 4 members (excludes halogenated alkanes) is 13. The summed E-state index contributed by atoms with van der Waals surface area (Å²) in [5, 5.41) is 0. The molecule has 1 rings (SSSR count). The van der Waals surface area contributed by atoms with Gasteiger partial charge in [0.2, 0.25) is 0 Å². The van der Waals surface area contributed by atoms with E-state index in [4.69, 9.17) is 9.92 Å². The van der Waals surface area contributed by atoms with Crippen LogP contribution in [-0.2, 0) is 14.3 Å². The first-order chi connectivity index (χ1) is 13.1. The zero-order chi connectivity index (χ0) is 19.8. The van der Waals surface area contributed by atoms with Crippen molar-refractivity contribution in [2.45, 2.75) is 102 Å². The van der Waals surface area contributed by atoms with Gasteiger partial charge in [-0.05, 0) is 18.6 Å². The Bertz CT molecular complexity index is 587. The number of nitrogens with two attached hydrogens (primary N) is 1. The van der Waals surface area contributed by atoms with Gasteiger partial charge < -0.3 is 5.73 Å². The van der Waals surface area contributed by atoms with Gasteiger partial charge in [-0.2, -0.15) is 8.42 Å². The van der Waals surface area contributed by atoms with Gasteiger partial charge in [0.05, 0.1) is 12.3 Å². The molecule has 4 nitrogen and oxygen atoms in total. The lowest BCUT2D eigenvalue weighted by Gasteiger charge is -2.07. The van der Waals surface area contributed by atoms with Crippen molar-refractivity contribution in [3.05, 3.63) is 24.3 Å². The van der Waals surface area contributed by atoms with Crippen LogP contribution in [0.15, 0.2) is 29.2 Å². The molecule has 0 aliphatic carbocycles. The molecule has 0 saturated carbocycles. The fourth-order valence-corrected chi connectivity index (χ4v) is 4.30. The van der Waals surface area contributed by atoms with Gasteiger partial charge >= 0.3 is 0 Å². The van der Waals surface area contributed by atoms with Crippen LogP contribution in [0.4, 0.5) is 5.69 Å². The molecule has 0 aliphatic rings. The van der Waals surface area contributed by atoms with E-state index in [-0.39, 0.29) is 17.2 Å². The van der Waals surface area contributed by atoms with Crippen molar-refractivity contribution < 1.29 is 12.6 Å². The van der Waals surface area contributed by atoms with Gasteiger partial charge in [0, 0.05) is 0 Å². The summed E-state index contributed by atoms with van der Waals surface area (Å²) in [6, 6.07) is 6.42. The Balaban J connectivity index is 1.93. The predicted octanol–water partition coefficient (Wildman–Crippen LogP) is 6.46. The lowest BCUT2D eigenvalue weighted by Crippen LogP contribution is -2.09. The molecule has 0 fully saturated rings. The van der Waals surface area contributed by atoms with Crippen LogP contribution < -0.4 is 5.73 Å². The Morgan fingerprint density at radius 2 is 1.19 bits per heavy atom. The molecule has 0 radical (unpaired) electrons. The maximum atomic E-state index is 12.1. The molecule has 156 valence electrons. The summed E-state index contributed by atoms with van der Waals surface area (Å²) in [6.45, 7) is 2.49. The fourth-order valence-electron chi connectivity index (χ4n) is 3.24. The Kier molecular flexibility index (Phi) is 13.2. The topological polar surface area (TPSA) is 69.4 Å². The van der Waals surface area contributed by atoms with E-state index >= 15 is 0 Å². The number of para-hydroxylation sites is 1. The van der Waals surface area contributed by atoms with Crippen LogP contribution in [0.2, 0.25) is 0 Å². The first kappa shape index (κ1) is 24.0. The number of hydrogen-bond donors (Lipinski definition) is 1. The van der Waals surface area contributed by atoms with Crippen LogP contribution in [0.25, 0.3) is 0 Å². The highest BCUT2D eigenvalue weighted by atomic mass is 32.2. The maximum absolute atomic E-state index is 12.1. The summed E-state index contributed by atoms with van der Waals surface area (Å²) >= 11 is 0. The fraction of sp³-hybridized carbons (Fsp3) is 0.727. The lowest BCUT2D eigenvalue weighted by molar-refractivity contribution is 0.306.